The van der Waals surface area contributed by atoms with Gasteiger partial charge in [-0.15, -0.1) is 0 Å². The number of rotatable bonds is 2. The summed E-state index contributed by atoms with van der Waals surface area (Å²) >= 11 is 6.52. The van der Waals surface area contributed by atoms with E-state index in [1.807, 2.05) is 72.5 Å². The number of anilines is 1. The van der Waals surface area contributed by atoms with Gasteiger partial charge in [-0.3, -0.25) is 0 Å². The smallest absolute Gasteiger partial charge is 0.313 e. The number of fused-ring (bicyclic) bond motifs is 1. The van der Waals surface area contributed by atoms with E-state index in [-0.39, 0.29) is 12.1 Å². The molecule has 3 nitrogen and oxygen atoms in total. The van der Waals surface area contributed by atoms with Gasteiger partial charge in [-0.25, -0.2) is 4.79 Å². The molecule has 4 rings (SSSR count). The Balaban J connectivity index is 1.74. The lowest BCUT2D eigenvalue weighted by molar-refractivity contribution is 0.194. The van der Waals surface area contributed by atoms with Crippen molar-refractivity contribution in [2.45, 2.75) is 19.4 Å². The fraction of sp³-hybridized carbons (Fsp3) is 0.174. The third-order valence-electron chi connectivity index (χ3n) is 5.13. The van der Waals surface area contributed by atoms with Crippen LogP contribution in [-0.4, -0.2) is 17.5 Å². The van der Waals surface area contributed by atoms with Gasteiger partial charge in [0.15, 0.2) is 0 Å². The number of nitrogens with zero attached hydrogens (tertiary/aromatic N) is 1. The number of hydrogen-bond acceptors (Lipinski definition) is 1. The van der Waals surface area contributed by atoms with E-state index in [0.29, 0.717) is 11.6 Å². The number of benzene rings is 3. The molecular formula is C23H21ClN2O. The normalized spacial score (nSPS) is 15.9. The number of hydrogen-bond donors (Lipinski definition) is 1. The summed E-state index contributed by atoms with van der Waals surface area (Å²) in [5, 5.41) is 3.75. The molecule has 0 radical (unpaired) electrons. The van der Waals surface area contributed by atoms with Crippen LogP contribution in [0, 0.1) is 6.92 Å². The molecule has 27 heavy (non-hydrogen) atoms. The van der Waals surface area contributed by atoms with Crippen LogP contribution in [-0.2, 0) is 6.42 Å². The maximum absolute atomic E-state index is 13.2. The number of nitrogens with one attached hydrogen (secondary N) is 1. The molecule has 0 spiro atoms. The zero-order valence-corrected chi connectivity index (χ0v) is 15.9. The summed E-state index contributed by atoms with van der Waals surface area (Å²) < 4.78 is 0. The van der Waals surface area contributed by atoms with Gasteiger partial charge in [0, 0.05) is 17.3 Å². The first-order valence-corrected chi connectivity index (χ1v) is 9.48. The molecule has 1 atom stereocenters. The minimum Gasteiger partial charge on any atom is -0.313 e. The first-order chi connectivity index (χ1) is 13.1. The van der Waals surface area contributed by atoms with Crippen molar-refractivity contribution in [2.24, 2.45) is 0 Å². The fourth-order valence-corrected chi connectivity index (χ4v) is 3.96. The number of amides is 2. The van der Waals surface area contributed by atoms with Gasteiger partial charge in [0.1, 0.15) is 0 Å². The molecular weight excluding hydrogens is 356 g/mol. The third-order valence-corrected chi connectivity index (χ3v) is 5.47. The topological polar surface area (TPSA) is 32.3 Å². The number of carbonyl (C=O) groups is 1. The number of urea groups is 1. The number of aryl methyl sites for hydroxylation is 1. The minimum atomic E-state index is -0.201. The Morgan fingerprint density at radius 1 is 0.963 bits per heavy atom. The van der Waals surface area contributed by atoms with Crippen LogP contribution in [0.2, 0.25) is 5.02 Å². The van der Waals surface area contributed by atoms with Crippen molar-refractivity contribution in [3.8, 4) is 0 Å². The molecule has 1 heterocycles. The molecule has 0 saturated heterocycles. The Bertz CT molecular complexity index is 985. The monoisotopic (exact) mass is 376 g/mol. The standard InChI is InChI=1S/C23H21ClN2O/c1-16-8-2-7-13-21(16)25-23(27)26-15-14-17-9-3-4-10-18(17)22(26)19-11-5-6-12-20(19)24/h2-13,22H,14-15H2,1H3,(H,25,27)/t22-/m1/s1. The van der Waals surface area contributed by atoms with Crippen LogP contribution in [0.1, 0.15) is 28.3 Å². The van der Waals surface area contributed by atoms with Gasteiger partial charge in [-0.1, -0.05) is 72.3 Å². The summed E-state index contributed by atoms with van der Waals surface area (Å²) in [6.45, 7) is 2.64. The van der Waals surface area contributed by atoms with Gasteiger partial charge in [0.05, 0.1) is 6.04 Å². The second-order valence-electron chi connectivity index (χ2n) is 6.81. The molecule has 136 valence electrons. The maximum atomic E-state index is 13.2. The number of carbonyl (C=O) groups excluding carboxylic acids is 1. The quantitative estimate of drug-likeness (QED) is 0.599. The average Bonchev–Trinajstić information content (AvgIpc) is 2.69. The van der Waals surface area contributed by atoms with E-state index in [1.54, 1.807) is 0 Å². The van der Waals surface area contributed by atoms with Crippen LogP contribution in [0.15, 0.2) is 72.8 Å². The van der Waals surface area contributed by atoms with Crippen molar-refractivity contribution in [3.05, 3.63) is 100 Å². The third kappa shape index (κ3) is 3.43. The highest BCUT2D eigenvalue weighted by molar-refractivity contribution is 6.31. The molecule has 1 aliphatic rings. The summed E-state index contributed by atoms with van der Waals surface area (Å²) in [4.78, 5) is 15.1. The van der Waals surface area contributed by atoms with Crippen LogP contribution in [0.3, 0.4) is 0 Å². The molecule has 0 aromatic heterocycles. The molecule has 0 saturated carbocycles. The summed E-state index contributed by atoms with van der Waals surface area (Å²) in [7, 11) is 0. The molecule has 1 N–H and O–H groups in total. The number of halogens is 1. The van der Waals surface area contributed by atoms with E-state index in [2.05, 4.69) is 17.4 Å². The lowest BCUT2D eigenvalue weighted by Crippen LogP contribution is -2.43. The second kappa shape index (κ2) is 7.45. The van der Waals surface area contributed by atoms with Crippen LogP contribution in [0.5, 0.6) is 0 Å². The summed E-state index contributed by atoms with van der Waals surface area (Å²) in [6, 6.07) is 23.6. The maximum Gasteiger partial charge on any atom is 0.322 e. The second-order valence-corrected chi connectivity index (χ2v) is 7.22. The Kier molecular flexibility index (Phi) is 4.87. The van der Waals surface area contributed by atoms with E-state index < -0.39 is 0 Å². The Labute approximate surface area is 164 Å². The molecule has 0 unspecified atom stereocenters. The van der Waals surface area contributed by atoms with Gasteiger partial charge < -0.3 is 10.2 Å². The van der Waals surface area contributed by atoms with Crippen molar-refractivity contribution in [3.63, 3.8) is 0 Å². The lowest BCUT2D eigenvalue weighted by Gasteiger charge is -2.38. The SMILES string of the molecule is Cc1ccccc1NC(=O)N1CCc2ccccc2[C@@H]1c1ccccc1Cl. The highest BCUT2D eigenvalue weighted by Gasteiger charge is 2.33. The van der Waals surface area contributed by atoms with Gasteiger partial charge in [0.2, 0.25) is 0 Å². The van der Waals surface area contributed by atoms with Crippen LogP contribution in [0.4, 0.5) is 10.5 Å². The molecule has 0 aliphatic carbocycles. The Hall–Kier alpha value is -2.78. The Morgan fingerprint density at radius 2 is 1.63 bits per heavy atom. The van der Waals surface area contributed by atoms with Gasteiger partial charge >= 0.3 is 6.03 Å². The van der Waals surface area contributed by atoms with E-state index >= 15 is 0 Å². The van der Waals surface area contributed by atoms with Gasteiger partial charge in [-0.05, 0) is 47.7 Å². The first kappa shape index (κ1) is 17.6. The van der Waals surface area contributed by atoms with E-state index in [4.69, 9.17) is 11.6 Å². The van der Waals surface area contributed by atoms with Crippen molar-refractivity contribution in [2.75, 3.05) is 11.9 Å². The van der Waals surface area contributed by atoms with Crippen LogP contribution >= 0.6 is 11.6 Å². The highest BCUT2D eigenvalue weighted by Crippen LogP contribution is 2.38. The largest absolute Gasteiger partial charge is 0.322 e. The molecule has 3 aromatic rings. The van der Waals surface area contributed by atoms with Crippen LogP contribution < -0.4 is 5.32 Å². The van der Waals surface area contributed by atoms with Gasteiger partial charge in [0.25, 0.3) is 0 Å². The molecule has 2 amide bonds. The average molecular weight is 377 g/mol. The van der Waals surface area contributed by atoms with Gasteiger partial charge in [-0.2, -0.15) is 0 Å². The van der Waals surface area contributed by atoms with Crippen molar-refractivity contribution in [1.29, 1.82) is 0 Å². The van der Waals surface area contributed by atoms with E-state index in [1.165, 1.54) is 5.56 Å². The lowest BCUT2D eigenvalue weighted by atomic mass is 9.88. The summed E-state index contributed by atoms with van der Waals surface area (Å²) in [5.74, 6) is 0. The van der Waals surface area contributed by atoms with Crippen molar-refractivity contribution >= 4 is 23.3 Å². The molecule has 0 fully saturated rings. The first-order valence-electron chi connectivity index (χ1n) is 9.10. The zero-order chi connectivity index (χ0) is 18.8. The molecule has 1 aliphatic heterocycles. The zero-order valence-electron chi connectivity index (χ0n) is 15.2. The van der Waals surface area contributed by atoms with Crippen LogP contribution in [0.25, 0.3) is 0 Å². The fourth-order valence-electron chi connectivity index (χ4n) is 3.72. The molecule has 4 heteroatoms. The highest BCUT2D eigenvalue weighted by atomic mass is 35.5. The van der Waals surface area contributed by atoms with Crippen molar-refractivity contribution in [1.82, 2.24) is 4.90 Å². The molecule has 3 aromatic carbocycles. The van der Waals surface area contributed by atoms with E-state index in [0.717, 1.165) is 28.8 Å². The predicted octanol–water partition coefficient (Wildman–Crippen LogP) is 5.83. The van der Waals surface area contributed by atoms with Crippen molar-refractivity contribution < 1.29 is 4.79 Å². The molecule has 0 bridgehead atoms. The minimum absolute atomic E-state index is 0.108. The summed E-state index contributed by atoms with van der Waals surface area (Å²) in [5.41, 5.74) is 5.22. The predicted molar refractivity (Wildman–Crippen MR) is 110 cm³/mol. The Morgan fingerprint density at radius 3 is 2.41 bits per heavy atom. The summed E-state index contributed by atoms with van der Waals surface area (Å²) in [6.07, 6.45) is 0.832. The van der Waals surface area contributed by atoms with E-state index in [9.17, 15) is 4.79 Å². The number of para-hydroxylation sites is 1.